The van der Waals surface area contributed by atoms with Gasteiger partial charge in [-0.3, -0.25) is 19.3 Å². The third-order valence-electron chi connectivity index (χ3n) is 5.43. The number of ether oxygens (including phenoxy) is 2. The van der Waals surface area contributed by atoms with Crippen LogP contribution < -0.4 is 15.0 Å². The van der Waals surface area contributed by atoms with Crippen LogP contribution >= 0.6 is 0 Å². The summed E-state index contributed by atoms with van der Waals surface area (Å²) in [4.78, 5) is 38.9. The number of rotatable bonds is 8. The van der Waals surface area contributed by atoms with Crippen molar-refractivity contribution in [2.24, 2.45) is 0 Å². The summed E-state index contributed by atoms with van der Waals surface area (Å²) in [7, 11) is 0. The first-order valence-electron chi connectivity index (χ1n) is 10.6. The predicted molar refractivity (Wildman–Crippen MR) is 109 cm³/mol. The highest BCUT2D eigenvalue weighted by Crippen LogP contribution is 2.31. The first-order chi connectivity index (χ1) is 14.1. The maximum absolute atomic E-state index is 12.7. The summed E-state index contributed by atoms with van der Waals surface area (Å²) in [5.74, 6) is -0.572. The highest BCUT2D eigenvalue weighted by molar-refractivity contribution is 6.01. The number of fused-ring (bicyclic) bond motifs is 1. The van der Waals surface area contributed by atoms with E-state index in [4.69, 9.17) is 9.47 Å². The minimum absolute atomic E-state index is 0.119. The Bertz CT molecular complexity index is 730. The smallest absolute Gasteiger partial charge is 0.326 e. The SMILES string of the molecule is CCCC[C@H](OC(=O)CN1C(=O)COc2ccccc21)C(=O)NC1CCCCC1. The largest absolute Gasteiger partial charge is 0.482 e. The van der Waals surface area contributed by atoms with Crippen LogP contribution in [0.3, 0.4) is 0 Å². The monoisotopic (exact) mass is 402 g/mol. The van der Waals surface area contributed by atoms with Gasteiger partial charge < -0.3 is 14.8 Å². The Morgan fingerprint density at radius 3 is 2.76 bits per heavy atom. The first-order valence-corrected chi connectivity index (χ1v) is 10.6. The maximum atomic E-state index is 12.7. The first kappa shape index (κ1) is 21.1. The number of benzene rings is 1. The van der Waals surface area contributed by atoms with E-state index in [0.717, 1.165) is 38.5 Å². The highest BCUT2D eigenvalue weighted by Gasteiger charge is 2.30. The Morgan fingerprint density at radius 1 is 1.24 bits per heavy atom. The number of anilines is 1. The van der Waals surface area contributed by atoms with Crippen molar-refractivity contribution >= 4 is 23.5 Å². The van der Waals surface area contributed by atoms with Gasteiger partial charge in [0.2, 0.25) is 0 Å². The van der Waals surface area contributed by atoms with Gasteiger partial charge in [0.1, 0.15) is 12.3 Å². The fourth-order valence-electron chi connectivity index (χ4n) is 3.83. The lowest BCUT2D eigenvalue weighted by atomic mass is 9.95. The van der Waals surface area contributed by atoms with Crippen LogP contribution in [0.1, 0.15) is 58.3 Å². The molecule has 3 rings (SSSR count). The Morgan fingerprint density at radius 2 is 2.00 bits per heavy atom. The molecule has 1 fully saturated rings. The second kappa shape index (κ2) is 10.3. The number of unbranched alkanes of at least 4 members (excludes halogenated alkanes) is 1. The van der Waals surface area contributed by atoms with Crippen LogP contribution in [0.15, 0.2) is 24.3 Å². The van der Waals surface area contributed by atoms with Crippen LogP contribution in [0.2, 0.25) is 0 Å². The fraction of sp³-hybridized carbons (Fsp3) is 0.591. The van der Waals surface area contributed by atoms with Gasteiger partial charge in [0, 0.05) is 6.04 Å². The minimum atomic E-state index is -0.823. The molecule has 1 N–H and O–H groups in total. The lowest BCUT2D eigenvalue weighted by Crippen LogP contribution is -2.46. The number of hydrogen-bond donors (Lipinski definition) is 1. The molecule has 7 heteroatoms. The highest BCUT2D eigenvalue weighted by atomic mass is 16.5. The lowest BCUT2D eigenvalue weighted by Gasteiger charge is -2.29. The van der Waals surface area contributed by atoms with Gasteiger partial charge in [-0.2, -0.15) is 0 Å². The Hall–Kier alpha value is -2.57. The summed E-state index contributed by atoms with van der Waals surface area (Å²) < 4.78 is 10.9. The van der Waals surface area contributed by atoms with Crippen LogP contribution in [-0.4, -0.2) is 43.1 Å². The number of nitrogens with one attached hydrogen (secondary N) is 1. The van der Waals surface area contributed by atoms with E-state index < -0.39 is 12.1 Å². The molecule has 1 saturated carbocycles. The van der Waals surface area contributed by atoms with Gasteiger partial charge in [0.15, 0.2) is 12.7 Å². The van der Waals surface area contributed by atoms with Crippen molar-refractivity contribution in [2.75, 3.05) is 18.1 Å². The molecule has 1 atom stereocenters. The molecule has 0 radical (unpaired) electrons. The van der Waals surface area contributed by atoms with Crippen molar-refractivity contribution in [2.45, 2.75) is 70.4 Å². The van der Waals surface area contributed by atoms with Crippen molar-refractivity contribution in [3.05, 3.63) is 24.3 Å². The number of amides is 2. The molecule has 1 heterocycles. The van der Waals surface area contributed by atoms with Crippen molar-refractivity contribution in [1.29, 1.82) is 0 Å². The van der Waals surface area contributed by atoms with Crippen molar-refractivity contribution in [3.8, 4) is 5.75 Å². The topological polar surface area (TPSA) is 84.9 Å². The molecule has 1 aromatic rings. The summed E-state index contributed by atoms with van der Waals surface area (Å²) >= 11 is 0. The zero-order valence-electron chi connectivity index (χ0n) is 17.0. The summed E-state index contributed by atoms with van der Waals surface area (Å²) in [6, 6.07) is 7.22. The predicted octanol–water partition coefficient (Wildman–Crippen LogP) is 2.96. The summed E-state index contributed by atoms with van der Waals surface area (Å²) in [6.07, 6.45) is 6.72. The average Bonchev–Trinajstić information content (AvgIpc) is 2.74. The van der Waals surface area contributed by atoms with Gasteiger partial charge in [0.05, 0.1) is 5.69 Å². The normalized spacial score (nSPS) is 17.8. The molecule has 2 aliphatic rings. The van der Waals surface area contributed by atoms with Gasteiger partial charge >= 0.3 is 5.97 Å². The van der Waals surface area contributed by atoms with E-state index in [1.807, 2.05) is 13.0 Å². The summed E-state index contributed by atoms with van der Waals surface area (Å²) in [5, 5.41) is 3.04. The van der Waals surface area contributed by atoms with Crippen LogP contribution in [-0.2, 0) is 19.1 Å². The van der Waals surface area contributed by atoms with Gasteiger partial charge in [-0.05, 0) is 37.8 Å². The van der Waals surface area contributed by atoms with E-state index in [1.165, 1.54) is 11.3 Å². The molecule has 1 aliphatic heterocycles. The van der Waals surface area contributed by atoms with E-state index in [1.54, 1.807) is 18.2 Å². The summed E-state index contributed by atoms with van der Waals surface area (Å²) in [5.41, 5.74) is 0.539. The Kier molecular flexibility index (Phi) is 7.49. The molecule has 1 aliphatic carbocycles. The molecule has 0 unspecified atom stereocenters. The molecule has 158 valence electrons. The number of nitrogens with zero attached hydrogens (tertiary/aromatic N) is 1. The molecule has 2 amide bonds. The number of carbonyl (C=O) groups is 3. The number of esters is 1. The lowest BCUT2D eigenvalue weighted by molar-refractivity contribution is -0.155. The Balaban J connectivity index is 1.62. The van der Waals surface area contributed by atoms with Crippen molar-refractivity contribution in [1.82, 2.24) is 5.32 Å². The van der Waals surface area contributed by atoms with Crippen LogP contribution in [0.5, 0.6) is 5.75 Å². The molecule has 29 heavy (non-hydrogen) atoms. The Labute approximate surface area is 171 Å². The second-order valence-corrected chi connectivity index (χ2v) is 7.70. The minimum Gasteiger partial charge on any atom is -0.482 e. The summed E-state index contributed by atoms with van der Waals surface area (Å²) in [6.45, 7) is 1.67. The van der Waals surface area contributed by atoms with Crippen LogP contribution in [0.25, 0.3) is 0 Å². The zero-order chi connectivity index (χ0) is 20.6. The van der Waals surface area contributed by atoms with E-state index in [9.17, 15) is 14.4 Å². The van der Waals surface area contributed by atoms with Gasteiger partial charge in [0.25, 0.3) is 11.8 Å². The van der Waals surface area contributed by atoms with Gasteiger partial charge in [-0.25, -0.2) is 0 Å². The van der Waals surface area contributed by atoms with Crippen molar-refractivity contribution < 1.29 is 23.9 Å². The standard InChI is InChI=1S/C22H30N2O5/c1-2-3-12-19(22(27)23-16-9-5-4-6-10-16)29-21(26)14-24-17-11-7-8-13-18(17)28-15-20(24)25/h7-8,11,13,16,19H,2-6,9-10,12,14-15H2,1H3,(H,23,27)/t19-/m0/s1. The number of carbonyl (C=O) groups excluding carboxylic acids is 3. The van der Waals surface area contributed by atoms with Crippen molar-refractivity contribution in [3.63, 3.8) is 0 Å². The van der Waals surface area contributed by atoms with E-state index in [-0.39, 0.29) is 31.0 Å². The van der Waals surface area contributed by atoms with Gasteiger partial charge in [-0.15, -0.1) is 0 Å². The molecule has 0 spiro atoms. The maximum Gasteiger partial charge on any atom is 0.326 e. The molecule has 7 nitrogen and oxygen atoms in total. The van der Waals surface area contributed by atoms with Crippen LogP contribution in [0.4, 0.5) is 5.69 Å². The zero-order valence-corrected chi connectivity index (χ0v) is 17.0. The molecule has 1 aromatic carbocycles. The molecule has 0 aromatic heterocycles. The van der Waals surface area contributed by atoms with E-state index in [2.05, 4.69) is 5.32 Å². The third-order valence-corrected chi connectivity index (χ3v) is 5.43. The second-order valence-electron chi connectivity index (χ2n) is 7.70. The average molecular weight is 402 g/mol. The molecular weight excluding hydrogens is 372 g/mol. The quantitative estimate of drug-likeness (QED) is 0.676. The molecule has 0 saturated heterocycles. The van der Waals surface area contributed by atoms with E-state index >= 15 is 0 Å². The van der Waals surface area contributed by atoms with E-state index in [0.29, 0.717) is 17.9 Å². The van der Waals surface area contributed by atoms with Crippen LogP contribution in [0, 0.1) is 0 Å². The molecular formula is C22H30N2O5. The number of hydrogen-bond acceptors (Lipinski definition) is 5. The number of para-hydroxylation sites is 2. The van der Waals surface area contributed by atoms with Gasteiger partial charge in [-0.1, -0.05) is 44.7 Å². The fourth-order valence-corrected chi connectivity index (χ4v) is 3.83. The third kappa shape index (κ3) is 5.71. The molecule has 0 bridgehead atoms.